The van der Waals surface area contributed by atoms with E-state index in [9.17, 15) is 18.0 Å². The molecule has 184 valence electrons. The summed E-state index contributed by atoms with van der Waals surface area (Å²) < 4.78 is 26.9. The minimum Gasteiger partial charge on any atom is -0.352 e. The molecular weight excluding hydrogens is 518 g/mol. The molecule has 2 amide bonds. The van der Waals surface area contributed by atoms with Crippen LogP contribution >= 0.6 is 15.9 Å². The summed E-state index contributed by atoms with van der Waals surface area (Å²) in [5, 5.41) is 3.06. The number of anilines is 1. The molecule has 0 heterocycles. The molecule has 7 nitrogen and oxygen atoms in total. The molecule has 0 unspecified atom stereocenters. The van der Waals surface area contributed by atoms with Gasteiger partial charge in [0.05, 0.1) is 11.9 Å². The second kappa shape index (κ2) is 11.8. The van der Waals surface area contributed by atoms with Crippen molar-refractivity contribution in [2.75, 3.05) is 23.7 Å². The molecule has 1 saturated carbocycles. The molecule has 3 rings (SSSR count). The Morgan fingerprint density at radius 2 is 1.76 bits per heavy atom. The number of sulfonamides is 1. The van der Waals surface area contributed by atoms with E-state index in [1.807, 2.05) is 30.3 Å². The van der Waals surface area contributed by atoms with Gasteiger partial charge in [-0.05, 0) is 49.9 Å². The predicted octanol–water partition coefficient (Wildman–Crippen LogP) is 3.73. The normalized spacial score (nSPS) is 15.0. The second-order valence-corrected chi connectivity index (χ2v) is 11.6. The lowest BCUT2D eigenvalue weighted by Gasteiger charge is -2.32. The lowest BCUT2D eigenvalue weighted by atomic mass is 10.1. The number of hydrogen-bond acceptors (Lipinski definition) is 4. The van der Waals surface area contributed by atoms with Crippen molar-refractivity contribution in [3.05, 3.63) is 64.6 Å². The lowest BCUT2D eigenvalue weighted by molar-refractivity contribution is -0.139. The standard InChI is InChI=1S/C25H32BrN3O4S/c1-19(25(31)27-22-12-6-7-13-22)28(16-15-20-9-4-3-5-10-20)24(30)18-29(34(2,32)33)23-14-8-11-21(26)17-23/h3-5,8-11,14,17,19,22H,6-7,12-13,15-16,18H2,1-2H3,(H,27,31)/t19-/m1/s1. The largest absolute Gasteiger partial charge is 0.352 e. The third kappa shape index (κ3) is 7.30. The molecule has 9 heteroatoms. The summed E-state index contributed by atoms with van der Waals surface area (Å²) in [6.07, 6.45) is 5.70. The number of carbonyl (C=O) groups excluding carboxylic acids is 2. The number of benzene rings is 2. The number of nitrogens with one attached hydrogen (secondary N) is 1. The van der Waals surface area contributed by atoms with E-state index in [1.165, 1.54) is 4.90 Å². The number of carbonyl (C=O) groups is 2. The first-order valence-electron chi connectivity index (χ1n) is 11.5. The minimum absolute atomic E-state index is 0.134. The summed E-state index contributed by atoms with van der Waals surface area (Å²) >= 11 is 3.36. The van der Waals surface area contributed by atoms with Crippen LogP contribution < -0.4 is 9.62 Å². The molecule has 0 aliphatic heterocycles. The first-order chi connectivity index (χ1) is 16.1. The zero-order valence-corrected chi connectivity index (χ0v) is 22.0. The average Bonchev–Trinajstić information content (AvgIpc) is 3.30. The maximum Gasteiger partial charge on any atom is 0.244 e. The fourth-order valence-corrected chi connectivity index (χ4v) is 5.44. The highest BCUT2D eigenvalue weighted by atomic mass is 79.9. The van der Waals surface area contributed by atoms with Gasteiger partial charge in [-0.2, -0.15) is 0 Å². The minimum atomic E-state index is -3.73. The van der Waals surface area contributed by atoms with Gasteiger partial charge < -0.3 is 10.2 Å². The Morgan fingerprint density at radius 3 is 2.38 bits per heavy atom. The Labute approximate surface area is 210 Å². The Kier molecular flexibility index (Phi) is 9.13. The van der Waals surface area contributed by atoms with E-state index in [2.05, 4.69) is 21.2 Å². The van der Waals surface area contributed by atoms with E-state index in [-0.39, 0.29) is 18.5 Å². The van der Waals surface area contributed by atoms with Crippen molar-refractivity contribution in [3.8, 4) is 0 Å². The van der Waals surface area contributed by atoms with E-state index in [4.69, 9.17) is 0 Å². The van der Waals surface area contributed by atoms with Gasteiger partial charge in [0, 0.05) is 17.1 Å². The Hall–Kier alpha value is -2.39. The zero-order chi connectivity index (χ0) is 24.7. The van der Waals surface area contributed by atoms with E-state index >= 15 is 0 Å². The van der Waals surface area contributed by atoms with Crippen molar-refractivity contribution in [3.63, 3.8) is 0 Å². The van der Waals surface area contributed by atoms with Crippen LogP contribution in [0.3, 0.4) is 0 Å². The highest BCUT2D eigenvalue weighted by molar-refractivity contribution is 9.10. The fourth-order valence-electron chi connectivity index (χ4n) is 4.21. The summed E-state index contributed by atoms with van der Waals surface area (Å²) in [6.45, 7) is 1.63. The van der Waals surface area contributed by atoms with Crippen LogP contribution in [-0.4, -0.2) is 56.6 Å². The fraction of sp³-hybridized carbons (Fsp3) is 0.440. The second-order valence-electron chi connectivity index (χ2n) is 8.74. The van der Waals surface area contributed by atoms with Gasteiger partial charge in [-0.1, -0.05) is 65.2 Å². The van der Waals surface area contributed by atoms with E-state index in [0.29, 0.717) is 23.1 Å². The number of amides is 2. The smallest absolute Gasteiger partial charge is 0.244 e. The molecule has 0 aromatic heterocycles. The molecule has 2 aromatic carbocycles. The number of rotatable bonds is 10. The van der Waals surface area contributed by atoms with Gasteiger partial charge >= 0.3 is 0 Å². The Bertz CT molecular complexity index is 1090. The van der Waals surface area contributed by atoms with Crippen LogP contribution in [0, 0.1) is 0 Å². The van der Waals surface area contributed by atoms with Gasteiger partial charge in [0.25, 0.3) is 0 Å². The van der Waals surface area contributed by atoms with Crippen molar-refractivity contribution in [2.24, 2.45) is 0 Å². The molecule has 2 aromatic rings. The predicted molar refractivity (Wildman–Crippen MR) is 138 cm³/mol. The topological polar surface area (TPSA) is 86.8 Å². The van der Waals surface area contributed by atoms with Crippen molar-refractivity contribution >= 4 is 43.5 Å². The average molecular weight is 551 g/mol. The number of nitrogens with zero attached hydrogens (tertiary/aromatic N) is 2. The first kappa shape index (κ1) is 26.2. The van der Waals surface area contributed by atoms with Crippen molar-refractivity contribution in [2.45, 2.75) is 51.1 Å². The molecule has 1 fully saturated rings. The monoisotopic (exact) mass is 549 g/mol. The third-order valence-corrected chi connectivity index (χ3v) is 7.76. The summed E-state index contributed by atoms with van der Waals surface area (Å²) in [6, 6.07) is 15.9. The molecule has 0 radical (unpaired) electrons. The molecule has 1 aliphatic carbocycles. The number of hydrogen-bond donors (Lipinski definition) is 1. The third-order valence-electron chi connectivity index (χ3n) is 6.13. The van der Waals surface area contributed by atoms with Crippen LogP contribution in [0.25, 0.3) is 0 Å². The Morgan fingerprint density at radius 1 is 1.09 bits per heavy atom. The van der Waals surface area contributed by atoms with E-state index in [1.54, 1.807) is 31.2 Å². The molecule has 1 N–H and O–H groups in total. The van der Waals surface area contributed by atoms with Crippen molar-refractivity contribution < 1.29 is 18.0 Å². The number of halogens is 1. The van der Waals surface area contributed by atoms with Gasteiger partial charge in [0.15, 0.2) is 0 Å². The molecular formula is C25H32BrN3O4S. The van der Waals surface area contributed by atoms with Gasteiger partial charge in [-0.15, -0.1) is 0 Å². The van der Waals surface area contributed by atoms with Gasteiger partial charge in [0.2, 0.25) is 21.8 Å². The van der Waals surface area contributed by atoms with Crippen LogP contribution in [0.5, 0.6) is 0 Å². The van der Waals surface area contributed by atoms with E-state index in [0.717, 1.165) is 41.8 Å². The highest BCUT2D eigenvalue weighted by Gasteiger charge is 2.31. The van der Waals surface area contributed by atoms with Crippen molar-refractivity contribution in [1.82, 2.24) is 10.2 Å². The van der Waals surface area contributed by atoms with Crippen LogP contribution in [-0.2, 0) is 26.0 Å². The summed E-state index contributed by atoms with van der Waals surface area (Å²) in [4.78, 5) is 28.0. The molecule has 0 saturated heterocycles. The first-order valence-corrected chi connectivity index (χ1v) is 14.2. The molecule has 0 bridgehead atoms. The quantitative estimate of drug-likeness (QED) is 0.489. The molecule has 1 aliphatic rings. The molecule has 1 atom stereocenters. The van der Waals surface area contributed by atoms with Crippen LogP contribution in [0.15, 0.2) is 59.1 Å². The lowest BCUT2D eigenvalue weighted by Crippen LogP contribution is -2.53. The van der Waals surface area contributed by atoms with Crippen LogP contribution in [0.4, 0.5) is 5.69 Å². The maximum absolute atomic E-state index is 13.5. The SMILES string of the molecule is C[C@H](C(=O)NC1CCCC1)N(CCc1ccccc1)C(=O)CN(c1cccc(Br)c1)S(C)(=O)=O. The van der Waals surface area contributed by atoms with E-state index < -0.39 is 22.0 Å². The maximum atomic E-state index is 13.5. The summed E-state index contributed by atoms with van der Waals surface area (Å²) in [5.74, 6) is -0.628. The van der Waals surface area contributed by atoms with Gasteiger partial charge in [-0.3, -0.25) is 13.9 Å². The van der Waals surface area contributed by atoms with Crippen molar-refractivity contribution in [1.29, 1.82) is 0 Å². The van der Waals surface area contributed by atoms with Crippen LogP contribution in [0.1, 0.15) is 38.2 Å². The molecule has 0 spiro atoms. The zero-order valence-electron chi connectivity index (χ0n) is 19.6. The van der Waals surface area contributed by atoms with Gasteiger partial charge in [0.1, 0.15) is 12.6 Å². The summed E-state index contributed by atoms with van der Waals surface area (Å²) in [7, 11) is -3.73. The highest BCUT2D eigenvalue weighted by Crippen LogP contribution is 2.23. The summed E-state index contributed by atoms with van der Waals surface area (Å²) in [5.41, 5.74) is 1.42. The van der Waals surface area contributed by atoms with Gasteiger partial charge in [-0.25, -0.2) is 8.42 Å². The Balaban J connectivity index is 1.81. The molecule has 34 heavy (non-hydrogen) atoms. The van der Waals surface area contributed by atoms with Crippen LogP contribution in [0.2, 0.25) is 0 Å².